The molecule has 1 heterocycles. The molecule has 1 aromatic rings. The number of thioether (sulfide) groups is 1. The number of nitro benzene ring substituents is 1. The Hall–Kier alpha value is -2.09. The van der Waals surface area contributed by atoms with Gasteiger partial charge in [0, 0.05) is 36.9 Å². The summed E-state index contributed by atoms with van der Waals surface area (Å²) in [5, 5.41) is 10.8. The maximum absolute atomic E-state index is 12.0. The first-order chi connectivity index (χ1) is 9.38. The fourth-order valence-corrected chi connectivity index (χ4v) is 3.06. The third-order valence-corrected chi connectivity index (χ3v) is 3.89. The zero-order valence-electron chi connectivity index (χ0n) is 10.7. The second kappa shape index (κ2) is 5.49. The Morgan fingerprint density at radius 2 is 2.25 bits per heavy atom. The van der Waals surface area contributed by atoms with Crippen molar-refractivity contribution in [2.24, 2.45) is 0 Å². The summed E-state index contributed by atoms with van der Waals surface area (Å²) in [4.78, 5) is 34.9. The first-order valence-electron chi connectivity index (χ1n) is 5.90. The number of carbonyl (C=O) groups excluding carboxylic acids is 2. The van der Waals surface area contributed by atoms with Gasteiger partial charge in [0.2, 0.25) is 5.91 Å². The fraction of sp³-hybridized carbons (Fsp3) is 0.333. The van der Waals surface area contributed by atoms with Crippen molar-refractivity contribution >= 4 is 39.8 Å². The third-order valence-electron chi connectivity index (χ3n) is 2.91. The number of carbonyl (C=O) groups is 2. The molecular formula is C12H13N3O4S. The molecule has 1 amide bonds. The Morgan fingerprint density at radius 3 is 2.85 bits per heavy atom. The molecule has 8 heteroatoms. The molecule has 1 aromatic carbocycles. The van der Waals surface area contributed by atoms with Crippen LogP contribution < -0.4 is 10.6 Å². The second-order valence-electron chi connectivity index (χ2n) is 4.45. The maximum atomic E-state index is 12.0. The monoisotopic (exact) mass is 295 g/mol. The van der Waals surface area contributed by atoms with Crippen molar-refractivity contribution in [2.45, 2.75) is 18.6 Å². The van der Waals surface area contributed by atoms with Gasteiger partial charge in [-0.15, -0.1) is 0 Å². The molecule has 1 atom stereocenters. The molecule has 2 rings (SSSR count). The van der Waals surface area contributed by atoms with Crippen LogP contribution >= 0.6 is 11.8 Å². The molecule has 1 unspecified atom stereocenters. The van der Waals surface area contributed by atoms with Crippen LogP contribution in [0.15, 0.2) is 18.2 Å². The van der Waals surface area contributed by atoms with E-state index in [-0.39, 0.29) is 46.3 Å². The summed E-state index contributed by atoms with van der Waals surface area (Å²) in [5.41, 5.74) is 5.82. The Morgan fingerprint density at radius 1 is 1.55 bits per heavy atom. The van der Waals surface area contributed by atoms with Gasteiger partial charge in [0.15, 0.2) is 5.12 Å². The van der Waals surface area contributed by atoms with Crippen LogP contribution in [0.5, 0.6) is 0 Å². The van der Waals surface area contributed by atoms with E-state index in [9.17, 15) is 19.7 Å². The van der Waals surface area contributed by atoms with Crippen LogP contribution in [0.3, 0.4) is 0 Å². The molecule has 1 aliphatic heterocycles. The smallest absolute Gasteiger partial charge is 0.295 e. The van der Waals surface area contributed by atoms with Gasteiger partial charge in [-0.05, 0) is 12.1 Å². The molecule has 1 fully saturated rings. The van der Waals surface area contributed by atoms with Gasteiger partial charge >= 0.3 is 0 Å². The van der Waals surface area contributed by atoms with Gasteiger partial charge < -0.3 is 10.6 Å². The highest BCUT2D eigenvalue weighted by Gasteiger charge is 2.35. The van der Waals surface area contributed by atoms with Crippen molar-refractivity contribution in [2.75, 3.05) is 17.2 Å². The summed E-state index contributed by atoms with van der Waals surface area (Å²) in [6.45, 7) is 1.72. The van der Waals surface area contributed by atoms with E-state index in [0.29, 0.717) is 0 Å². The predicted octanol–water partition coefficient (Wildman–Crippen LogP) is 1.56. The zero-order chi connectivity index (χ0) is 14.9. The summed E-state index contributed by atoms with van der Waals surface area (Å²) in [7, 11) is 0. The van der Waals surface area contributed by atoms with Crippen LogP contribution in [0.4, 0.5) is 17.1 Å². The molecule has 0 radical (unpaired) electrons. The summed E-state index contributed by atoms with van der Waals surface area (Å²) >= 11 is 1.09. The first kappa shape index (κ1) is 14.3. The van der Waals surface area contributed by atoms with Crippen LogP contribution in [0.1, 0.15) is 13.3 Å². The van der Waals surface area contributed by atoms with Gasteiger partial charge in [-0.2, -0.15) is 0 Å². The van der Waals surface area contributed by atoms with Crippen molar-refractivity contribution in [3.63, 3.8) is 0 Å². The third kappa shape index (κ3) is 2.90. The first-order valence-corrected chi connectivity index (χ1v) is 6.78. The largest absolute Gasteiger partial charge is 0.399 e. The van der Waals surface area contributed by atoms with Gasteiger partial charge in [0.05, 0.1) is 4.92 Å². The summed E-state index contributed by atoms with van der Waals surface area (Å²) < 4.78 is 0. The number of hydrogen-bond donors (Lipinski definition) is 1. The normalized spacial score (nSPS) is 18.4. The Kier molecular flexibility index (Phi) is 3.93. The minimum absolute atomic E-state index is 0.0727. The van der Waals surface area contributed by atoms with Gasteiger partial charge in [-0.1, -0.05) is 11.8 Å². The van der Waals surface area contributed by atoms with Gasteiger partial charge in [-0.3, -0.25) is 19.7 Å². The van der Waals surface area contributed by atoms with E-state index >= 15 is 0 Å². The highest BCUT2D eigenvalue weighted by molar-refractivity contribution is 8.14. The molecular weight excluding hydrogens is 282 g/mol. The standard InChI is InChI=1S/C12H13N3O4S/c1-7(16)20-9-5-12(17)14(6-9)10-3-2-8(13)4-11(10)15(18)19/h2-4,9H,5-6,13H2,1H3. The quantitative estimate of drug-likeness (QED) is 0.515. The molecule has 0 spiro atoms. The molecule has 2 N–H and O–H groups in total. The van der Waals surface area contributed by atoms with E-state index in [1.54, 1.807) is 0 Å². The van der Waals surface area contributed by atoms with E-state index in [1.165, 1.54) is 30.0 Å². The SMILES string of the molecule is CC(=O)SC1CC(=O)N(c2ccc(N)cc2[N+](=O)[O-])C1. The van der Waals surface area contributed by atoms with E-state index in [0.717, 1.165) is 11.8 Å². The molecule has 0 aromatic heterocycles. The lowest BCUT2D eigenvalue weighted by Crippen LogP contribution is -2.25. The molecule has 1 saturated heterocycles. The Balaban J connectivity index is 2.30. The van der Waals surface area contributed by atoms with Crippen LogP contribution in [-0.4, -0.2) is 27.7 Å². The lowest BCUT2D eigenvalue weighted by atomic mass is 10.2. The number of nitrogens with two attached hydrogens (primary N) is 1. The number of rotatable bonds is 3. The number of anilines is 2. The molecule has 1 aliphatic rings. The van der Waals surface area contributed by atoms with Crippen LogP contribution in [0.2, 0.25) is 0 Å². The average Bonchev–Trinajstić information content (AvgIpc) is 2.69. The van der Waals surface area contributed by atoms with E-state index in [4.69, 9.17) is 5.73 Å². The minimum Gasteiger partial charge on any atom is -0.399 e. The van der Waals surface area contributed by atoms with E-state index in [2.05, 4.69) is 0 Å². The van der Waals surface area contributed by atoms with Gasteiger partial charge in [-0.25, -0.2) is 0 Å². The Labute approximate surface area is 119 Å². The number of nitrogens with zero attached hydrogens (tertiary/aromatic N) is 2. The number of amides is 1. The lowest BCUT2D eigenvalue weighted by molar-refractivity contribution is -0.384. The predicted molar refractivity (Wildman–Crippen MR) is 76.5 cm³/mol. The number of nitrogen functional groups attached to an aromatic ring is 1. The topological polar surface area (TPSA) is 107 Å². The molecule has 7 nitrogen and oxygen atoms in total. The van der Waals surface area contributed by atoms with Gasteiger partial charge in [0.25, 0.3) is 5.69 Å². The summed E-state index contributed by atoms with van der Waals surface area (Å²) in [6.07, 6.45) is 0.200. The van der Waals surface area contributed by atoms with Crippen LogP contribution in [0, 0.1) is 10.1 Å². The molecule has 0 bridgehead atoms. The zero-order valence-corrected chi connectivity index (χ0v) is 11.6. The summed E-state index contributed by atoms with van der Waals surface area (Å²) in [6, 6.07) is 4.21. The van der Waals surface area contributed by atoms with Crippen molar-refractivity contribution < 1.29 is 14.5 Å². The van der Waals surface area contributed by atoms with E-state index in [1.807, 2.05) is 0 Å². The maximum Gasteiger partial charge on any atom is 0.295 e. The molecule has 106 valence electrons. The fourth-order valence-electron chi connectivity index (χ4n) is 2.14. The van der Waals surface area contributed by atoms with Crippen molar-refractivity contribution in [3.05, 3.63) is 28.3 Å². The van der Waals surface area contributed by atoms with Crippen LogP contribution in [0.25, 0.3) is 0 Å². The number of nitro groups is 1. The highest BCUT2D eigenvalue weighted by Crippen LogP contribution is 2.35. The van der Waals surface area contributed by atoms with E-state index < -0.39 is 4.92 Å². The number of hydrogen-bond acceptors (Lipinski definition) is 6. The van der Waals surface area contributed by atoms with Crippen molar-refractivity contribution in [1.82, 2.24) is 0 Å². The molecule has 0 saturated carbocycles. The second-order valence-corrected chi connectivity index (χ2v) is 5.92. The average molecular weight is 295 g/mol. The highest BCUT2D eigenvalue weighted by atomic mass is 32.2. The van der Waals surface area contributed by atoms with Gasteiger partial charge in [0.1, 0.15) is 5.69 Å². The van der Waals surface area contributed by atoms with Crippen LogP contribution in [-0.2, 0) is 9.59 Å². The molecule has 0 aliphatic carbocycles. The van der Waals surface area contributed by atoms with Crippen molar-refractivity contribution in [1.29, 1.82) is 0 Å². The lowest BCUT2D eigenvalue weighted by Gasteiger charge is -2.16. The Bertz CT molecular complexity index is 590. The minimum atomic E-state index is -0.565. The number of benzene rings is 1. The summed E-state index contributed by atoms with van der Waals surface area (Å²) in [5.74, 6) is -0.225. The molecule has 20 heavy (non-hydrogen) atoms. The van der Waals surface area contributed by atoms with Crippen molar-refractivity contribution in [3.8, 4) is 0 Å².